The van der Waals surface area contributed by atoms with E-state index in [-0.39, 0.29) is 11.7 Å². The third kappa shape index (κ3) is 4.62. The van der Waals surface area contributed by atoms with Crippen molar-refractivity contribution in [2.24, 2.45) is 0 Å². The van der Waals surface area contributed by atoms with Crippen molar-refractivity contribution in [1.82, 2.24) is 0 Å². The lowest BCUT2D eigenvalue weighted by atomic mass is 9.94. The summed E-state index contributed by atoms with van der Waals surface area (Å²) in [6.07, 6.45) is 0.957. The molecular weight excluding hydrogens is 353 g/mol. The van der Waals surface area contributed by atoms with Gasteiger partial charge in [0.2, 0.25) is 0 Å². The van der Waals surface area contributed by atoms with E-state index in [1.807, 2.05) is 11.9 Å². The quantitative estimate of drug-likeness (QED) is 0.739. The fourth-order valence-corrected chi connectivity index (χ4v) is 3.57. The number of nitrogens with zero attached hydrogens (tertiary/aromatic N) is 1. The molecule has 0 aliphatic heterocycles. The van der Waals surface area contributed by atoms with Crippen molar-refractivity contribution in [3.8, 4) is 0 Å². The predicted octanol–water partition coefficient (Wildman–Crippen LogP) is 5.73. The molecule has 1 N–H and O–H groups in total. The Balaban J connectivity index is 1.93. The summed E-state index contributed by atoms with van der Waals surface area (Å²) in [6.45, 7) is 0. The maximum absolute atomic E-state index is 13.2. The number of carbonyl (C=O) groups is 1. The Kier molecular flexibility index (Phi) is 5.73. The molecule has 0 radical (unpaired) electrons. The van der Waals surface area contributed by atoms with Gasteiger partial charge in [-0.05, 0) is 43.2 Å². The van der Waals surface area contributed by atoms with Gasteiger partial charge in [-0.15, -0.1) is 0 Å². The summed E-state index contributed by atoms with van der Waals surface area (Å²) in [7, 11) is 1.89. The van der Waals surface area contributed by atoms with E-state index in [0.717, 1.165) is 37.8 Å². The zero-order chi connectivity index (χ0) is 19.4. The van der Waals surface area contributed by atoms with Crippen LogP contribution in [0.15, 0.2) is 48.5 Å². The van der Waals surface area contributed by atoms with Gasteiger partial charge in [-0.1, -0.05) is 37.5 Å². The lowest BCUT2D eigenvalue weighted by molar-refractivity contribution is -0.137. The highest BCUT2D eigenvalue weighted by Crippen LogP contribution is 2.37. The number of carbonyl (C=O) groups excluding carboxylic acids is 1. The molecule has 27 heavy (non-hydrogen) atoms. The molecule has 0 unspecified atom stereocenters. The first kappa shape index (κ1) is 19.3. The fraction of sp³-hybridized carbons (Fsp3) is 0.381. The van der Waals surface area contributed by atoms with Crippen LogP contribution in [-0.2, 0) is 6.18 Å². The highest BCUT2D eigenvalue weighted by atomic mass is 19.4. The van der Waals surface area contributed by atoms with Gasteiger partial charge >= 0.3 is 6.18 Å². The maximum Gasteiger partial charge on any atom is 0.416 e. The van der Waals surface area contributed by atoms with E-state index in [1.54, 1.807) is 30.3 Å². The molecule has 0 heterocycles. The van der Waals surface area contributed by atoms with Crippen molar-refractivity contribution < 1.29 is 18.0 Å². The number of hydrogen-bond donors (Lipinski definition) is 1. The van der Waals surface area contributed by atoms with Gasteiger partial charge in [-0.3, -0.25) is 4.79 Å². The molecule has 3 rings (SSSR count). The number of anilines is 2. The second-order valence-electron chi connectivity index (χ2n) is 6.95. The first-order valence-corrected chi connectivity index (χ1v) is 9.17. The van der Waals surface area contributed by atoms with Gasteiger partial charge in [0, 0.05) is 18.7 Å². The van der Waals surface area contributed by atoms with Gasteiger partial charge in [-0.2, -0.15) is 13.2 Å². The summed E-state index contributed by atoms with van der Waals surface area (Å²) in [6, 6.07) is 12.3. The number of hydrogen-bond acceptors (Lipinski definition) is 2. The Morgan fingerprint density at radius 3 is 2.33 bits per heavy atom. The standard InChI is InChI=1S/C21H23F3N2O/c1-26(17-10-6-3-7-11-17)19-13-12-16(21(22,23)24)14-18(19)25-20(27)15-8-4-2-5-9-15/h2,4-5,8-9,12-14,17H,3,6-7,10-11H2,1H3,(H,25,27). The molecule has 0 saturated heterocycles. The molecule has 2 aromatic carbocycles. The molecule has 0 atom stereocenters. The zero-order valence-corrected chi connectivity index (χ0v) is 15.2. The van der Waals surface area contributed by atoms with Crippen LogP contribution in [0.3, 0.4) is 0 Å². The van der Waals surface area contributed by atoms with Crippen LogP contribution in [0.2, 0.25) is 0 Å². The number of amides is 1. The molecule has 2 aromatic rings. The van der Waals surface area contributed by atoms with Crippen molar-refractivity contribution >= 4 is 17.3 Å². The normalized spacial score (nSPS) is 15.4. The van der Waals surface area contributed by atoms with Crippen LogP contribution in [0.1, 0.15) is 48.0 Å². The van der Waals surface area contributed by atoms with Gasteiger partial charge in [-0.25, -0.2) is 0 Å². The average molecular weight is 376 g/mol. The van der Waals surface area contributed by atoms with Crippen molar-refractivity contribution in [1.29, 1.82) is 0 Å². The molecule has 0 aromatic heterocycles. The molecular formula is C21H23F3N2O. The van der Waals surface area contributed by atoms with E-state index in [9.17, 15) is 18.0 Å². The van der Waals surface area contributed by atoms with E-state index in [1.165, 1.54) is 12.5 Å². The van der Waals surface area contributed by atoms with Gasteiger partial charge in [0.25, 0.3) is 5.91 Å². The average Bonchev–Trinajstić information content (AvgIpc) is 2.68. The fourth-order valence-electron chi connectivity index (χ4n) is 3.57. The van der Waals surface area contributed by atoms with Gasteiger partial charge in [0.1, 0.15) is 0 Å². The van der Waals surface area contributed by atoms with Crippen LogP contribution in [0.5, 0.6) is 0 Å². The summed E-state index contributed by atoms with van der Waals surface area (Å²) in [4.78, 5) is 14.5. The van der Waals surface area contributed by atoms with Gasteiger partial charge < -0.3 is 10.2 Å². The molecule has 0 bridgehead atoms. The molecule has 1 aliphatic carbocycles. The van der Waals surface area contributed by atoms with Gasteiger partial charge in [0.15, 0.2) is 0 Å². The van der Waals surface area contributed by atoms with Crippen molar-refractivity contribution in [3.63, 3.8) is 0 Å². The molecule has 1 fully saturated rings. The molecule has 3 nitrogen and oxygen atoms in total. The number of halogens is 3. The summed E-state index contributed by atoms with van der Waals surface area (Å²) in [5.41, 5.74) is 0.429. The molecule has 1 amide bonds. The monoisotopic (exact) mass is 376 g/mol. The SMILES string of the molecule is CN(c1ccc(C(F)(F)F)cc1NC(=O)c1ccccc1)C1CCCCC1. The lowest BCUT2D eigenvalue weighted by Gasteiger charge is -2.34. The van der Waals surface area contributed by atoms with Crippen molar-refractivity contribution in [2.45, 2.75) is 44.3 Å². The first-order valence-electron chi connectivity index (χ1n) is 9.17. The van der Waals surface area contributed by atoms with Gasteiger partial charge in [0.05, 0.1) is 16.9 Å². The minimum Gasteiger partial charge on any atom is -0.370 e. The number of benzene rings is 2. The molecule has 0 spiro atoms. The van der Waals surface area contributed by atoms with Crippen molar-refractivity contribution in [3.05, 3.63) is 59.7 Å². The number of nitrogens with one attached hydrogen (secondary N) is 1. The minimum atomic E-state index is -4.46. The Morgan fingerprint density at radius 1 is 1.04 bits per heavy atom. The molecule has 1 saturated carbocycles. The van der Waals surface area contributed by atoms with Crippen LogP contribution in [0.4, 0.5) is 24.5 Å². The van der Waals surface area contributed by atoms with E-state index in [4.69, 9.17) is 0 Å². The molecule has 6 heteroatoms. The highest BCUT2D eigenvalue weighted by Gasteiger charge is 2.32. The van der Waals surface area contributed by atoms with Crippen LogP contribution in [0, 0.1) is 0 Å². The maximum atomic E-state index is 13.2. The van der Waals surface area contributed by atoms with Crippen LogP contribution >= 0.6 is 0 Å². The smallest absolute Gasteiger partial charge is 0.370 e. The van der Waals surface area contributed by atoms with Crippen LogP contribution < -0.4 is 10.2 Å². The molecule has 144 valence electrons. The summed E-state index contributed by atoms with van der Waals surface area (Å²) in [5.74, 6) is -0.423. The van der Waals surface area contributed by atoms with E-state index >= 15 is 0 Å². The van der Waals surface area contributed by atoms with Crippen LogP contribution in [0.25, 0.3) is 0 Å². The number of rotatable bonds is 4. The summed E-state index contributed by atoms with van der Waals surface area (Å²) >= 11 is 0. The highest BCUT2D eigenvalue weighted by molar-refractivity contribution is 6.06. The predicted molar refractivity (Wildman–Crippen MR) is 101 cm³/mol. The van der Waals surface area contributed by atoms with E-state index in [2.05, 4.69) is 5.32 Å². The number of alkyl halides is 3. The second kappa shape index (κ2) is 8.03. The summed E-state index contributed by atoms with van der Waals surface area (Å²) in [5, 5.41) is 2.68. The zero-order valence-electron chi connectivity index (χ0n) is 15.2. The third-order valence-corrected chi connectivity index (χ3v) is 5.11. The Hall–Kier alpha value is -2.50. The Labute approximate surface area is 157 Å². The topological polar surface area (TPSA) is 32.3 Å². The van der Waals surface area contributed by atoms with E-state index in [0.29, 0.717) is 11.3 Å². The van der Waals surface area contributed by atoms with Crippen molar-refractivity contribution in [2.75, 3.05) is 17.3 Å². The minimum absolute atomic E-state index is 0.187. The Bertz CT molecular complexity index is 784. The van der Waals surface area contributed by atoms with E-state index < -0.39 is 17.6 Å². The largest absolute Gasteiger partial charge is 0.416 e. The lowest BCUT2D eigenvalue weighted by Crippen LogP contribution is -2.34. The third-order valence-electron chi connectivity index (χ3n) is 5.11. The van der Waals surface area contributed by atoms with Crippen LogP contribution in [-0.4, -0.2) is 19.0 Å². The second-order valence-corrected chi connectivity index (χ2v) is 6.95. The molecule has 1 aliphatic rings. The summed E-state index contributed by atoms with van der Waals surface area (Å²) < 4.78 is 39.6. The first-order chi connectivity index (χ1) is 12.9. The Morgan fingerprint density at radius 2 is 1.70 bits per heavy atom.